The molecule has 1 heterocycles. The third-order valence-electron chi connectivity index (χ3n) is 2.88. The normalized spacial score (nSPS) is 12.3. The van der Waals surface area contributed by atoms with Crippen LogP contribution in [0.1, 0.15) is 0 Å². The second kappa shape index (κ2) is 6.40. The van der Waals surface area contributed by atoms with E-state index >= 15 is 0 Å². The molecule has 2 rings (SSSR count). The van der Waals surface area contributed by atoms with Gasteiger partial charge in [0.15, 0.2) is 0 Å². The number of rotatable bonds is 5. The fourth-order valence-electron chi connectivity index (χ4n) is 1.73. The molecule has 2 aromatic rings. The highest BCUT2D eigenvalue weighted by atomic mass is 127. The summed E-state index contributed by atoms with van der Waals surface area (Å²) in [5, 5.41) is 5.75. The molecule has 0 saturated carbocycles. The molecular formula is C13H18I2N2OSi. The van der Waals surface area contributed by atoms with Gasteiger partial charge in [0.25, 0.3) is 0 Å². The number of halogens is 2. The lowest BCUT2D eigenvalue weighted by Crippen LogP contribution is -2.22. The molecule has 0 aliphatic heterocycles. The SMILES string of the molecule is C[Si](C)(C)CCOCn1nc(I)c2ccc(I)cc21. The van der Waals surface area contributed by atoms with Gasteiger partial charge in [-0.05, 0) is 69.4 Å². The number of ether oxygens (including phenoxy) is 1. The number of hydrogen-bond acceptors (Lipinski definition) is 2. The van der Waals surface area contributed by atoms with Gasteiger partial charge < -0.3 is 4.74 Å². The van der Waals surface area contributed by atoms with Crippen molar-refractivity contribution in [3.8, 4) is 0 Å². The quantitative estimate of drug-likeness (QED) is 0.342. The molecule has 6 heteroatoms. The van der Waals surface area contributed by atoms with Crippen molar-refractivity contribution < 1.29 is 4.74 Å². The van der Waals surface area contributed by atoms with Crippen molar-refractivity contribution in [2.24, 2.45) is 0 Å². The van der Waals surface area contributed by atoms with Crippen molar-refractivity contribution >= 4 is 64.2 Å². The third-order valence-corrected chi connectivity index (χ3v) is 6.05. The predicted octanol–water partition coefficient (Wildman–Crippen LogP) is 4.56. The van der Waals surface area contributed by atoms with E-state index in [0.717, 1.165) is 15.8 Å². The average molecular weight is 500 g/mol. The highest BCUT2D eigenvalue weighted by Crippen LogP contribution is 2.22. The van der Waals surface area contributed by atoms with E-state index in [-0.39, 0.29) is 0 Å². The first-order valence-corrected chi connectivity index (χ1v) is 12.1. The first-order chi connectivity index (χ1) is 8.87. The molecule has 0 radical (unpaired) electrons. The summed E-state index contributed by atoms with van der Waals surface area (Å²) in [5.74, 6) is 0. The summed E-state index contributed by atoms with van der Waals surface area (Å²) in [7, 11) is -1.01. The number of fused-ring (bicyclic) bond motifs is 1. The van der Waals surface area contributed by atoms with E-state index in [4.69, 9.17) is 4.74 Å². The fraction of sp³-hybridized carbons (Fsp3) is 0.462. The van der Waals surface area contributed by atoms with E-state index in [1.54, 1.807) is 0 Å². The summed E-state index contributed by atoms with van der Waals surface area (Å²) >= 11 is 4.61. The molecule has 1 aromatic carbocycles. The minimum absolute atomic E-state index is 0.546. The highest BCUT2D eigenvalue weighted by Gasteiger charge is 2.13. The average Bonchev–Trinajstić information content (AvgIpc) is 2.60. The molecule has 0 fully saturated rings. The van der Waals surface area contributed by atoms with Gasteiger partial charge in [-0.3, -0.25) is 0 Å². The van der Waals surface area contributed by atoms with Crippen LogP contribution in [-0.4, -0.2) is 24.5 Å². The van der Waals surface area contributed by atoms with Crippen molar-refractivity contribution in [2.45, 2.75) is 32.4 Å². The second-order valence-electron chi connectivity index (χ2n) is 5.80. The lowest BCUT2D eigenvalue weighted by atomic mass is 10.3. The molecule has 3 nitrogen and oxygen atoms in total. The zero-order chi connectivity index (χ0) is 14.0. The van der Waals surface area contributed by atoms with Gasteiger partial charge in [0.1, 0.15) is 10.4 Å². The Kier molecular flexibility index (Phi) is 5.29. The molecule has 0 bridgehead atoms. The molecule has 19 heavy (non-hydrogen) atoms. The Balaban J connectivity index is 2.07. The van der Waals surface area contributed by atoms with Crippen molar-refractivity contribution in [1.29, 1.82) is 0 Å². The van der Waals surface area contributed by atoms with Crippen molar-refractivity contribution in [1.82, 2.24) is 9.78 Å². The maximum absolute atomic E-state index is 5.79. The lowest BCUT2D eigenvalue weighted by Gasteiger charge is -2.15. The lowest BCUT2D eigenvalue weighted by molar-refractivity contribution is 0.0814. The molecule has 0 amide bonds. The van der Waals surface area contributed by atoms with E-state index in [1.165, 1.54) is 15.0 Å². The maximum Gasteiger partial charge on any atom is 0.140 e. The fourth-order valence-corrected chi connectivity index (χ4v) is 3.68. The number of nitrogens with zero attached hydrogens (tertiary/aromatic N) is 2. The first-order valence-electron chi connectivity index (χ1n) is 6.26. The molecule has 0 N–H and O–H groups in total. The van der Waals surface area contributed by atoms with Crippen LogP contribution in [0.3, 0.4) is 0 Å². The van der Waals surface area contributed by atoms with Gasteiger partial charge in [0.2, 0.25) is 0 Å². The van der Waals surface area contributed by atoms with E-state index in [9.17, 15) is 0 Å². The first kappa shape index (κ1) is 15.7. The topological polar surface area (TPSA) is 27.1 Å². The Bertz CT molecular complexity index is 578. The van der Waals surface area contributed by atoms with Crippen LogP contribution in [0.25, 0.3) is 10.9 Å². The molecule has 0 unspecified atom stereocenters. The van der Waals surface area contributed by atoms with Crippen molar-refractivity contribution in [3.05, 3.63) is 25.5 Å². The number of benzene rings is 1. The van der Waals surface area contributed by atoms with Crippen LogP contribution >= 0.6 is 45.2 Å². The Morgan fingerprint density at radius 1 is 1.26 bits per heavy atom. The monoisotopic (exact) mass is 500 g/mol. The van der Waals surface area contributed by atoms with E-state index < -0.39 is 8.07 Å². The summed E-state index contributed by atoms with van der Waals surface area (Å²) in [6, 6.07) is 7.60. The molecule has 0 spiro atoms. The molecule has 0 atom stereocenters. The minimum atomic E-state index is -1.01. The summed E-state index contributed by atoms with van der Waals surface area (Å²) < 4.78 is 10.0. The Hall–Kier alpha value is 0.327. The Morgan fingerprint density at radius 3 is 2.68 bits per heavy atom. The largest absolute Gasteiger partial charge is 0.360 e. The third kappa shape index (κ3) is 4.40. The van der Waals surface area contributed by atoms with Gasteiger partial charge in [0.05, 0.1) is 5.52 Å². The summed E-state index contributed by atoms with van der Waals surface area (Å²) in [6.45, 7) is 8.47. The zero-order valence-corrected chi connectivity index (χ0v) is 16.7. The molecule has 0 aliphatic carbocycles. The van der Waals surface area contributed by atoms with Gasteiger partial charge in [-0.25, -0.2) is 4.68 Å². The molecule has 0 saturated heterocycles. The van der Waals surface area contributed by atoms with Crippen molar-refractivity contribution in [2.75, 3.05) is 6.61 Å². The number of hydrogen-bond donors (Lipinski definition) is 0. The van der Waals surface area contributed by atoms with Gasteiger partial charge in [-0.1, -0.05) is 19.6 Å². The number of aromatic nitrogens is 2. The van der Waals surface area contributed by atoms with E-state index in [0.29, 0.717) is 6.73 Å². The predicted molar refractivity (Wildman–Crippen MR) is 99.3 cm³/mol. The van der Waals surface area contributed by atoms with Gasteiger partial charge in [-0.15, -0.1) is 0 Å². The standard InChI is InChI=1S/C13H18I2N2OSi/c1-19(2,3)7-6-18-9-17-12-8-10(14)4-5-11(12)13(15)16-17/h4-5,8H,6-7,9H2,1-3H3. The molecule has 0 aliphatic rings. The van der Waals surface area contributed by atoms with E-state index in [2.05, 4.69) is 88.1 Å². The van der Waals surface area contributed by atoms with Crippen LogP contribution in [-0.2, 0) is 11.5 Å². The van der Waals surface area contributed by atoms with Crippen LogP contribution in [0, 0.1) is 7.27 Å². The van der Waals surface area contributed by atoms with Crippen molar-refractivity contribution in [3.63, 3.8) is 0 Å². The summed E-state index contributed by atoms with van der Waals surface area (Å²) in [4.78, 5) is 0. The van der Waals surface area contributed by atoms with E-state index in [1.807, 2.05) is 4.68 Å². The molecule has 1 aromatic heterocycles. The Morgan fingerprint density at radius 2 is 2.00 bits per heavy atom. The van der Waals surface area contributed by atoms with Crippen LogP contribution in [0.15, 0.2) is 18.2 Å². The molecular weight excluding hydrogens is 482 g/mol. The van der Waals surface area contributed by atoms with Crippen LogP contribution in [0.5, 0.6) is 0 Å². The Labute approximate surface area is 142 Å². The van der Waals surface area contributed by atoms with Gasteiger partial charge in [0, 0.05) is 23.6 Å². The van der Waals surface area contributed by atoms with Gasteiger partial charge >= 0.3 is 0 Å². The summed E-state index contributed by atoms with van der Waals surface area (Å²) in [6.07, 6.45) is 0. The molecule has 104 valence electrons. The minimum Gasteiger partial charge on any atom is -0.360 e. The zero-order valence-electron chi connectivity index (χ0n) is 11.4. The van der Waals surface area contributed by atoms with Crippen LogP contribution in [0.2, 0.25) is 25.7 Å². The highest BCUT2D eigenvalue weighted by molar-refractivity contribution is 14.1. The second-order valence-corrected chi connectivity index (χ2v) is 13.7. The smallest absolute Gasteiger partial charge is 0.140 e. The maximum atomic E-state index is 5.79. The summed E-state index contributed by atoms with van der Waals surface area (Å²) in [5.41, 5.74) is 1.16. The van der Waals surface area contributed by atoms with Crippen LogP contribution in [0.4, 0.5) is 0 Å². The van der Waals surface area contributed by atoms with Gasteiger partial charge in [-0.2, -0.15) is 5.10 Å². The van der Waals surface area contributed by atoms with Crippen LogP contribution < -0.4 is 0 Å².